The third-order valence-electron chi connectivity index (χ3n) is 4.63. The second kappa shape index (κ2) is 4.49. The molecule has 0 bridgehead atoms. The first-order valence-electron chi connectivity index (χ1n) is 7.25. The maximum atomic E-state index is 4.20. The Balaban J connectivity index is 1.65. The molecular formula is C16H19N3. The lowest BCUT2D eigenvalue weighted by Crippen LogP contribution is -2.33. The normalized spacial score (nSPS) is 26.7. The van der Waals surface area contributed by atoms with Crippen LogP contribution in [0.1, 0.15) is 19.3 Å². The molecule has 2 atom stereocenters. The van der Waals surface area contributed by atoms with Crippen LogP contribution in [-0.2, 0) is 0 Å². The second-order valence-corrected chi connectivity index (χ2v) is 5.69. The summed E-state index contributed by atoms with van der Waals surface area (Å²) in [7, 11) is 0. The van der Waals surface area contributed by atoms with Gasteiger partial charge in [-0.2, -0.15) is 0 Å². The highest BCUT2D eigenvalue weighted by Gasteiger charge is 2.37. The van der Waals surface area contributed by atoms with Crippen molar-refractivity contribution >= 4 is 16.5 Å². The van der Waals surface area contributed by atoms with Gasteiger partial charge in [0.1, 0.15) is 0 Å². The highest BCUT2D eigenvalue weighted by molar-refractivity contribution is 5.93. The van der Waals surface area contributed by atoms with Gasteiger partial charge in [-0.05, 0) is 37.9 Å². The molecule has 0 spiro atoms. The van der Waals surface area contributed by atoms with Crippen LogP contribution < -0.4 is 5.32 Å². The first-order valence-corrected chi connectivity index (χ1v) is 7.25. The first kappa shape index (κ1) is 11.2. The van der Waals surface area contributed by atoms with E-state index >= 15 is 0 Å². The Hall–Kier alpha value is -1.61. The van der Waals surface area contributed by atoms with Crippen LogP contribution in [-0.4, -0.2) is 35.1 Å². The molecule has 2 aliphatic rings. The van der Waals surface area contributed by atoms with Crippen molar-refractivity contribution in [3.63, 3.8) is 0 Å². The minimum absolute atomic E-state index is 0.612. The summed E-state index contributed by atoms with van der Waals surface area (Å²) in [6.45, 7) is 2.55. The highest BCUT2D eigenvalue weighted by atomic mass is 15.2. The molecule has 2 saturated heterocycles. The zero-order valence-corrected chi connectivity index (χ0v) is 11.0. The molecule has 98 valence electrons. The quantitative estimate of drug-likeness (QED) is 0.892. The van der Waals surface area contributed by atoms with Crippen LogP contribution in [0.5, 0.6) is 0 Å². The summed E-state index contributed by atoms with van der Waals surface area (Å²) in [5.74, 6) is 0. The summed E-state index contributed by atoms with van der Waals surface area (Å²) >= 11 is 0. The Kier molecular flexibility index (Phi) is 2.66. The molecule has 3 heteroatoms. The minimum atomic E-state index is 0.612. The second-order valence-electron chi connectivity index (χ2n) is 5.69. The van der Waals surface area contributed by atoms with Gasteiger partial charge in [0.05, 0.1) is 0 Å². The minimum Gasteiger partial charge on any atom is -0.380 e. The van der Waals surface area contributed by atoms with E-state index in [1.165, 1.54) is 48.8 Å². The van der Waals surface area contributed by atoms with Crippen molar-refractivity contribution in [2.45, 2.75) is 31.3 Å². The van der Waals surface area contributed by atoms with Crippen molar-refractivity contribution in [1.29, 1.82) is 0 Å². The van der Waals surface area contributed by atoms with Gasteiger partial charge in [-0.3, -0.25) is 9.88 Å². The zero-order valence-electron chi connectivity index (χ0n) is 11.0. The topological polar surface area (TPSA) is 28.2 Å². The maximum Gasteiger partial charge on any atom is 0.0429 e. The number of fused-ring (bicyclic) bond motifs is 2. The van der Waals surface area contributed by atoms with E-state index in [-0.39, 0.29) is 0 Å². The van der Waals surface area contributed by atoms with E-state index in [4.69, 9.17) is 0 Å². The first-order chi connectivity index (χ1) is 9.42. The molecule has 3 nitrogen and oxygen atoms in total. The third kappa shape index (κ3) is 1.89. The molecule has 3 heterocycles. The monoisotopic (exact) mass is 253 g/mol. The van der Waals surface area contributed by atoms with Crippen molar-refractivity contribution in [3.05, 3.63) is 36.7 Å². The zero-order chi connectivity index (χ0) is 12.7. The standard InChI is InChI=1S/C16H19N3/c1-3-12-11-17-8-6-13(12)14(4-1)18-15-7-10-19-9-2-5-16(15)19/h1,3-4,6,8,11,15-16,18H,2,5,7,9-10H2. The average molecular weight is 253 g/mol. The van der Waals surface area contributed by atoms with Gasteiger partial charge in [0, 0.05) is 47.5 Å². The summed E-state index contributed by atoms with van der Waals surface area (Å²) in [6.07, 6.45) is 7.81. The van der Waals surface area contributed by atoms with Gasteiger partial charge in [-0.25, -0.2) is 0 Å². The van der Waals surface area contributed by atoms with Crippen LogP contribution in [0, 0.1) is 0 Å². The van der Waals surface area contributed by atoms with E-state index in [0.717, 1.165) is 6.04 Å². The van der Waals surface area contributed by atoms with E-state index in [2.05, 4.69) is 39.5 Å². The lowest BCUT2D eigenvalue weighted by molar-refractivity contribution is 0.318. The van der Waals surface area contributed by atoms with Gasteiger partial charge in [0.2, 0.25) is 0 Å². The van der Waals surface area contributed by atoms with E-state index < -0.39 is 0 Å². The fourth-order valence-electron chi connectivity index (χ4n) is 3.70. The fraction of sp³-hybridized carbons (Fsp3) is 0.438. The fourth-order valence-corrected chi connectivity index (χ4v) is 3.70. The number of hydrogen-bond donors (Lipinski definition) is 1. The molecule has 0 aliphatic carbocycles. The summed E-state index contributed by atoms with van der Waals surface area (Å²) in [5.41, 5.74) is 1.26. The van der Waals surface area contributed by atoms with Crippen LogP contribution in [0.2, 0.25) is 0 Å². The van der Waals surface area contributed by atoms with Crippen molar-refractivity contribution in [1.82, 2.24) is 9.88 Å². The van der Waals surface area contributed by atoms with Crippen molar-refractivity contribution in [3.8, 4) is 0 Å². The number of pyridine rings is 1. The Bertz CT molecular complexity index is 590. The SMILES string of the molecule is c1cc(NC2CCN3CCCC23)c2ccncc2c1. The number of nitrogens with one attached hydrogen (secondary N) is 1. The van der Waals surface area contributed by atoms with Gasteiger partial charge in [-0.1, -0.05) is 12.1 Å². The number of aromatic nitrogens is 1. The predicted molar refractivity (Wildman–Crippen MR) is 78.4 cm³/mol. The highest BCUT2D eigenvalue weighted by Crippen LogP contribution is 2.32. The molecule has 1 N–H and O–H groups in total. The summed E-state index contributed by atoms with van der Waals surface area (Å²) in [4.78, 5) is 6.85. The molecule has 2 fully saturated rings. The molecule has 0 saturated carbocycles. The Morgan fingerprint density at radius 3 is 3.16 bits per heavy atom. The average Bonchev–Trinajstić information content (AvgIpc) is 3.04. The molecule has 2 aliphatic heterocycles. The molecule has 4 rings (SSSR count). The molecular weight excluding hydrogens is 234 g/mol. The van der Waals surface area contributed by atoms with Crippen molar-refractivity contribution in [2.24, 2.45) is 0 Å². The largest absolute Gasteiger partial charge is 0.380 e. The molecule has 2 unspecified atom stereocenters. The van der Waals surface area contributed by atoms with Crippen LogP contribution in [0.3, 0.4) is 0 Å². The molecule has 0 radical (unpaired) electrons. The van der Waals surface area contributed by atoms with Crippen LogP contribution >= 0.6 is 0 Å². The van der Waals surface area contributed by atoms with Crippen molar-refractivity contribution < 1.29 is 0 Å². The number of nitrogens with zero attached hydrogens (tertiary/aromatic N) is 2. The third-order valence-corrected chi connectivity index (χ3v) is 4.63. The maximum absolute atomic E-state index is 4.20. The van der Waals surface area contributed by atoms with Gasteiger partial charge in [0.15, 0.2) is 0 Å². The molecule has 2 aromatic rings. The van der Waals surface area contributed by atoms with Crippen LogP contribution in [0.4, 0.5) is 5.69 Å². The molecule has 19 heavy (non-hydrogen) atoms. The van der Waals surface area contributed by atoms with Crippen molar-refractivity contribution in [2.75, 3.05) is 18.4 Å². The van der Waals surface area contributed by atoms with Gasteiger partial charge in [-0.15, -0.1) is 0 Å². The van der Waals surface area contributed by atoms with Crippen LogP contribution in [0.25, 0.3) is 10.8 Å². The van der Waals surface area contributed by atoms with E-state index in [1.54, 1.807) is 0 Å². The van der Waals surface area contributed by atoms with Gasteiger partial charge >= 0.3 is 0 Å². The number of benzene rings is 1. The lowest BCUT2D eigenvalue weighted by atomic mass is 10.0. The van der Waals surface area contributed by atoms with Crippen LogP contribution in [0.15, 0.2) is 36.7 Å². The van der Waals surface area contributed by atoms with E-state index in [0.29, 0.717) is 6.04 Å². The molecule has 1 aromatic heterocycles. The van der Waals surface area contributed by atoms with Gasteiger partial charge < -0.3 is 5.32 Å². The van der Waals surface area contributed by atoms with E-state index in [9.17, 15) is 0 Å². The smallest absolute Gasteiger partial charge is 0.0429 e. The number of rotatable bonds is 2. The number of hydrogen-bond acceptors (Lipinski definition) is 3. The Labute approximate surface area is 113 Å². The Morgan fingerprint density at radius 2 is 2.16 bits per heavy atom. The Morgan fingerprint density at radius 1 is 1.16 bits per heavy atom. The number of anilines is 1. The van der Waals surface area contributed by atoms with Gasteiger partial charge in [0.25, 0.3) is 0 Å². The molecule has 1 aromatic carbocycles. The summed E-state index contributed by atoms with van der Waals surface area (Å²) in [6, 6.07) is 9.91. The van der Waals surface area contributed by atoms with E-state index in [1.807, 2.05) is 12.4 Å². The summed E-state index contributed by atoms with van der Waals surface area (Å²) < 4.78 is 0. The summed E-state index contributed by atoms with van der Waals surface area (Å²) in [5, 5.41) is 6.29. The lowest BCUT2D eigenvalue weighted by Gasteiger charge is -2.23. The molecule has 0 amide bonds. The predicted octanol–water partition coefficient (Wildman–Crippen LogP) is 2.88.